The maximum atomic E-state index is 12.7. The first kappa shape index (κ1) is 20.1. The fraction of sp³-hybridized carbons (Fsp3) is 0.667. The Morgan fingerprint density at radius 1 is 1.36 bits per heavy atom. The van der Waals surface area contributed by atoms with Crippen LogP contribution in [0.2, 0.25) is 0 Å². The molecule has 1 saturated carbocycles. The Balaban J connectivity index is 2.27. The van der Waals surface area contributed by atoms with Gasteiger partial charge in [0.15, 0.2) is 17.2 Å². The molecule has 0 radical (unpaired) electrons. The van der Waals surface area contributed by atoms with Crippen LogP contribution >= 0.6 is 23.2 Å². The van der Waals surface area contributed by atoms with Crippen molar-refractivity contribution < 1.29 is 14.6 Å². The Hall–Kier alpha value is -1.20. The minimum absolute atomic E-state index is 0.0499. The molecule has 1 amide bonds. The molecule has 0 bridgehead atoms. The van der Waals surface area contributed by atoms with Gasteiger partial charge in [0.05, 0.1) is 17.9 Å². The monoisotopic (exact) mass is 388 g/mol. The van der Waals surface area contributed by atoms with E-state index in [-0.39, 0.29) is 51.2 Å². The minimum Gasteiger partial charge on any atom is -0.503 e. The molecule has 1 aliphatic carbocycles. The number of methoxy groups -OCH3 is 1. The lowest BCUT2D eigenvalue weighted by atomic mass is 9.82. The summed E-state index contributed by atoms with van der Waals surface area (Å²) in [7, 11) is 1.43. The van der Waals surface area contributed by atoms with Gasteiger partial charge in [-0.3, -0.25) is 4.79 Å². The largest absolute Gasteiger partial charge is 0.503 e. The molecule has 5 atom stereocenters. The van der Waals surface area contributed by atoms with Crippen LogP contribution in [0.4, 0.5) is 0 Å². The van der Waals surface area contributed by atoms with Crippen LogP contribution in [0, 0.1) is 17.3 Å². The summed E-state index contributed by atoms with van der Waals surface area (Å²) in [5.74, 6) is -0.230. The van der Waals surface area contributed by atoms with Crippen LogP contribution in [-0.4, -0.2) is 39.9 Å². The lowest BCUT2D eigenvalue weighted by molar-refractivity contribution is 0.0896. The number of pyridine rings is 1. The molecule has 140 valence electrons. The van der Waals surface area contributed by atoms with Crippen LogP contribution < -0.4 is 10.1 Å². The second kappa shape index (κ2) is 7.58. The number of ether oxygens (including phenoxy) is 1. The van der Waals surface area contributed by atoms with Crippen LogP contribution in [0.5, 0.6) is 11.5 Å². The van der Waals surface area contributed by atoms with Gasteiger partial charge in [0.1, 0.15) is 0 Å². The Kier molecular flexibility index (Phi) is 6.10. The highest BCUT2D eigenvalue weighted by Gasteiger charge is 2.45. The number of nitrogens with zero attached hydrogens (tertiary/aromatic N) is 1. The van der Waals surface area contributed by atoms with Gasteiger partial charge in [-0.25, -0.2) is 4.98 Å². The summed E-state index contributed by atoms with van der Waals surface area (Å²) in [4.78, 5) is 16.7. The number of hydrogen-bond donors (Lipinski definition) is 2. The molecule has 1 aromatic rings. The summed E-state index contributed by atoms with van der Waals surface area (Å²) < 4.78 is 5.04. The van der Waals surface area contributed by atoms with Crippen molar-refractivity contribution in [2.24, 2.45) is 17.3 Å². The number of amides is 1. The first-order valence-corrected chi connectivity index (χ1v) is 9.28. The predicted octanol–water partition coefficient (Wildman–Crippen LogP) is 3.81. The highest BCUT2D eigenvalue weighted by molar-refractivity contribution is 6.30. The zero-order chi connectivity index (χ0) is 18.9. The molecule has 0 aromatic carbocycles. The molecule has 5 nitrogen and oxygen atoms in total. The number of aromatic hydroxyl groups is 1. The van der Waals surface area contributed by atoms with E-state index < -0.39 is 5.91 Å². The molecule has 0 saturated heterocycles. The molecule has 2 rings (SSSR count). The fourth-order valence-corrected chi connectivity index (χ4v) is 4.29. The van der Waals surface area contributed by atoms with Gasteiger partial charge in [0.25, 0.3) is 5.91 Å². The van der Waals surface area contributed by atoms with Crippen molar-refractivity contribution >= 4 is 29.1 Å². The van der Waals surface area contributed by atoms with Crippen molar-refractivity contribution in [1.29, 1.82) is 0 Å². The number of nitrogens with one attached hydrogen (secondary N) is 1. The average molecular weight is 389 g/mol. The highest BCUT2D eigenvalue weighted by atomic mass is 35.5. The molecule has 0 spiro atoms. The van der Waals surface area contributed by atoms with Gasteiger partial charge >= 0.3 is 0 Å². The van der Waals surface area contributed by atoms with Gasteiger partial charge in [0, 0.05) is 18.3 Å². The molecule has 0 aliphatic heterocycles. The van der Waals surface area contributed by atoms with Crippen molar-refractivity contribution in [1.82, 2.24) is 10.3 Å². The van der Waals surface area contributed by atoms with E-state index in [1.165, 1.54) is 19.4 Å². The molecule has 5 unspecified atom stereocenters. The standard InChI is InChI=1S/C18H26Cl2N2O3/c1-9-10(2)13(19)16(20)18(3,4)8-11(9)22-17(24)14-15(23)12(25-5)6-7-21-14/h6-7,9-11,13,16,23H,8H2,1-5H3,(H,22,24). The zero-order valence-corrected chi connectivity index (χ0v) is 16.7. The first-order valence-electron chi connectivity index (χ1n) is 8.41. The Morgan fingerprint density at radius 2 is 2.00 bits per heavy atom. The Labute approximate surface area is 159 Å². The molecular weight excluding hydrogens is 363 g/mol. The summed E-state index contributed by atoms with van der Waals surface area (Å²) in [5.41, 5.74) is -0.291. The van der Waals surface area contributed by atoms with Gasteiger partial charge in [0.2, 0.25) is 0 Å². The van der Waals surface area contributed by atoms with Crippen LogP contribution in [-0.2, 0) is 0 Å². The SMILES string of the molecule is COc1ccnc(C(=O)NC2CC(C)(C)C(Cl)C(Cl)C(C)C2C)c1O. The third kappa shape index (κ3) is 3.98. The van der Waals surface area contributed by atoms with E-state index in [4.69, 9.17) is 27.9 Å². The van der Waals surface area contributed by atoms with Crippen molar-refractivity contribution in [2.45, 2.75) is 50.9 Å². The van der Waals surface area contributed by atoms with Crippen molar-refractivity contribution in [3.8, 4) is 11.5 Å². The van der Waals surface area contributed by atoms with E-state index in [9.17, 15) is 9.90 Å². The highest BCUT2D eigenvalue weighted by Crippen LogP contribution is 2.44. The van der Waals surface area contributed by atoms with E-state index in [2.05, 4.69) is 38.0 Å². The quantitative estimate of drug-likeness (QED) is 0.609. The zero-order valence-electron chi connectivity index (χ0n) is 15.2. The van der Waals surface area contributed by atoms with E-state index in [0.717, 1.165) is 0 Å². The number of carbonyl (C=O) groups excluding carboxylic acids is 1. The van der Waals surface area contributed by atoms with Crippen LogP contribution in [0.15, 0.2) is 12.3 Å². The van der Waals surface area contributed by atoms with E-state index in [1.54, 1.807) is 0 Å². The second-order valence-electron chi connectivity index (χ2n) is 7.55. The average Bonchev–Trinajstić information content (AvgIpc) is 2.62. The molecule has 1 heterocycles. The maximum absolute atomic E-state index is 12.7. The Bertz CT molecular complexity index is 639. The molecular formula is C18H26Cl2N2O3. The molecule has 1 aliphatic rings. The minimum atomic E-state index is -0.435. The van der Waals surface area contributed by atoms with Gasteiger partial charge < -0.3 is 15.2 Å². The third-order valence-electron chi connectivity index (χ3n) is 5.38. The van der Waals surface area contributed by atoms with E-state index >= 15 is 0 Å². The number of aromatic nitrogens is 1. The summed E-state index contributed by atoms with van der Waals surface area (Å²) in [6.07, 6.45) is 2.12. The summed E-state index contributed by atoms with van der Waals surface area (Å²) in [5, 5.41) is 12.8. The molecule has 1 fully saturated rings. The number of halogens is 2. The van der Waals surface area contributed by atoms with Crippen LogP contribution in [0.3, 0.4) is 0 Å². The van der Waals surface area contributed by atoms with E-state index in [0.29, 0.717) is 6.42 Å². The summed E-state index contributed by atoms with van der Waals surface area (Å²) >= 11 is 13.2. The third-order valence-corrected chi connectivity index (χ3v) is 7.02. The normalized spacial score (nSPS) is 31.9. The number of carbonyl (C=O) groups is 1. The maximum Gasteiger partial charge on any atom is 0.274 e. The lowest BCUT2D eigenvalue weighted by Gasteiger charge is -2.32. The number of alkyl halides is 2. The number of rotatable bonds is 3. The van der Waals surface area contributed by atoms with Gasteiger partial charge in [-0.2, -0.15) is 0 Å². The van der Waals surface area contributed by atoms with Crippen LogP contribution in [0.1, 0.15) is 44.6 Å². The van der Waals surface area contributed by atoms with Crippen LogP contribution in [0.25, 0.3) is 0 Å². The van der Waals surface area contributed by atoms with Gasteiger partial charge in [-0.15, -0.1) is 23.2 Å². The Morgan fingerprint density at radius 3 is 2.60 bits per heavy atom. The second-order valence-corrected chi connectivity index (χ2v) is 8.52. The van der Waals surface area contributed by atoms with E-state index in [1.807, 2.05) is 0 Å². The summed E-state index contributed by atoms with van der Waals surface area (Å²) in [6, 6.07) is 1.37. The predicted molar refractivity (Wildman–Crippen MR) is 99.7 cm³/mol. The molecule has 7 heteroatoms. The first-order chi connectivity index (χ1) is 11.6. The lowest BCUT2D eigenvalue weighted by Crippen LogP contribution is -2.43. The van der Waals surface area contributed by atoms with Crippen molar-refractivity contribution in [3.63, 3.8) is 0 Å². The number of hydrogen-bond acceptors (Lipinski definition) is 4. The van der Waals surface area contributed by atoms with Gasteiger partial charge in [-0.05, 0) is 23.7 Å². The topological polar surface area (TPSA) is 71.5 Å². The van der Waals surface area contributed by atoms with Gasteiger partial charge in [-0.1, -0.05) is 27.7 Å². The molecule has 2 N–H and O–H groups in total. The van der Waals surface area contributed by atoms with Crippen molar-refractivity contribution in [3.05, 3.63) is 18.0 Å². The fourth-order valence-electron chi connectivity index (χ4n) is 3.41. The van der Waals surface area contributed by atoms with Crippen molar-refractivity contribution in [2.75, 3.05) is 7.11 Å². The molecule has 25 heavy (non-hydrogen) atoms. The summed E-state index contributed by atoms with van der Waals surface area (Å²) in [6.45, 7) is 8.24. The molecule has 1 aromatic heterocycles. The smallest absolute Gasteiger partial charge is 0.274 e.